The summed E-state index contributed by atoms with van der Waals surface area (Å²) in [7, 11) is 0. The van der Waals surface area contributed by atoms with Crippen molar-refractivity contribution in [1.29, 1.82) is 0 Å². The molecule has 106 valence electrons. The molecule has 0 saturated heterocycles. The average molecular weight is 281 g/mol. The normalized spacial score (nSPS) is 16.4. The SMILES string of the molecule is CCCCN(c1cc(Cl)ccc1CC(C)N)C1CC1. The van der Waals surface area contributed by atoms with Crippen molar-refractivity contribution in [3.05, 3.63) is 28.8 Å². The van der Waals surface area contributed by atoms with E-state index in [2.05, 4.69) is 30.9 Å². The van der Waals surface area contributed by atoms with E-state index in [0.717, 1.165) is 24.0 Å². The first-order chi connectivity index (χ1) is 9.11. The summed E-state index contributed by atoms with van der Waals surface area (Å²) in [5, 5.41) is 0.825. The molecule has 1 aromatic carbocycles. The van der Waals surface area contributed by atoms with Crippen LogP contribution in [0.4, 0.5) is 5.69 Å². The Bertz CT molecular complexity index is 413. The zero-order chi connectivity index (χ0) is 13.8. The number of hydrogen-bond donors (Lipinski definition) is 1. The summed E-state index contributed by atoms with van der Waals surface area (Å²) < 4.78 is 0. The van der Waals surface area contributed by atoms with Crippen LogP contribution in [0.2, 0.25) is 5.02 Å². The van der Waals surface area contributed by atoms with Crippen molar-refractivity contribution in [1.82, 2.24) is 0 Å². The molecule has 0 aromatic heterocycles. The highest BCUT2D eigenvalue weighted by molar-refractivity contribution is 6.30. The van der Waals surface area contributed by atoms with E-state index in [-0.39, 0.29) is 6.04 Å². The molecule has 0 heterocycles. The summed E-state index contributed by atoms with van der Waals surface area (Å²) in [6, 6.07) is 7.15. The van der Waals surface area contributed by atoms with E-state index in [1.165, 1.54) is 36.9 Å². The maximum Gasteiger partial charge on any atom is 0.0426 e. The second-order valence-corrected chi connectivity index (χ2v) is 6.17. The molecule has 0 aliphatic heterocycles. The Balaban J connectivity index is 2.25. The number of unbranched alkanes of at least 4 members (excludes halogenated alkanes) is 1. The van der Waals surface area contributed by atoms with E-state index in [9.17, 15) is 0 Å². The lowest BCUT2D eigenvalue weighted by atomic mass is 10.0. The van der Waals surface area contributed by atoms with Crippen LogP contribution in [0.3, 0.4) is 0 Å². The van der Waals surface area contributed by atoms with E-state index in [4.69, 9.17) is 17.3 Å². The predicted molar refractivity (Wildman–Crippen MR) is 84.1 cm³/mol. The maximum absolute atomic E-state index is 6.20. The first-order valence-electron chi connectivity index (χ1n) is 7.42. The molecule has 0 amide bonds. The third kappa shape index (κ3) is 4.12. The molecule has 3 heteroatoms. The second-order valence-electron chi connectivity index (χ2n) is 5.73. The zero-order valence-corrected chi connectivity index (χ0v) is 12.8. The van der Waals surface area contributed by atoms with Crippen molar-refractivity contribution in [2.24, 2.45) is 5.73 Å². The fraction of sp³-hybridized carbons (Fsp3) is 0.625. The van der Waals surface area contributed by atoms with Crippen LogP contribution in [0.15, 0.2) is 18.2 Å². The summed E-state index contributed by atoms with van der Waals surface area (Å²) in [4.78, 5) is 2.55. The monoisotopic (exact) mass is 280 g/mol. The van der Waals surface area contributed by atoms with Gasteiger partial charge in [0, 0.05) is 29.3 Å². The topological polar surface area (TPSA) is 29.3 Å². The number of rotatable bonds is 7. The third-order valence-electron chi connectivity index (χ3n) is 3.64. The Hall–Kier alpha value is -0.730. The van der Waals surface area contributed by atoms with Crippen molar-refractivity contribution < 1.29 is 0 Å². The van der Waals surface area contributed by atoms with Crippen LogP contribution in [0.1, 0.15) is 45.1 Å². The maximum atomic E-state index is 6.20. The van der Waals surface area contributed by atoms with Gasteiger partial charge in [0.25, 0.3) is 0 Å². The lowest BCUT2D eigenvalue weighted by Crippen LogP contribution is -2.29. The van der Waals surface area contributed by atoms with Gasteiger partial charge in [-0.1, -0.05) is 31.0 Å². The van der Waals surface area contributed by atoms with Gasteiger partial charge in [-0.3, -0.25) is 0 Å². The lowest BCUT2D eigenvalue weighted by Gasteiger charge is -2.28. The minimum Gasteiger partial charge on any atom is -0.368 e. The molecule has 1 aromatic rings. The van der Waals surface area contributed by atoms with Gasteiger partial charge in [-0.2, -0.15) is 0 Å². The van der Waals surface area contributed by atoms with E-state index in [1.54, 1.807) is 0 Å². The molecule has 0 spiro atoms. The minimum atomic E-state index is 0.187. The third-order valence-corrected chi connectivity index (χ3v) is 3.87. The van der Waals surface area contributed by atoms with Gasteiger partial charge in [-0.25, -0.2) is 0 Å². The Morgan fingerprint density at radius 1 is 1.42 bits per heavy atom. The smallest absolute Gasteiger partial charge is 0.0426 e. The molecule has 1 fully saturated rings. The van der Waals surface area contributed by atoms with Gasteiger partial charge < -0.3 is 10.6 Å². The van der Waals surface area contributed by atoms with Gasteiger partial charge in [0.15, 0.2) is 0 Å². The molecule has 1 aliphatic carbocycles. The molecule has 1 unspecified atom stereocenters. The molecule has 19 heavy (non-hydrogen) atoms. The molecule has 2 rings (SSSR count). The fourth-order valence-corrected chi connectivity index (χ4v) is 2.70. The first kappa shape index (κ1) is 14.7. The van der Waals surface area contributed by atoms with E-state index in [1.807, 2.05) is 6.07 Å². The summed E-state index contributed by atoms with van der Waals surface area (Å²) in [5.74, 6) is 0. The van der Waals surface area contributed by atoms with Gasteiger partial charge >= 0.3 is 0 Å². The number of hydrogen-bond acceptors (Lipinski definition) is 2. The van der Waals surface area contributed by atoms with Crippen molar-refractivity contribution in [2.45, 2.75) is 58.0 Å². The lowest BCUT2D eigenvalue weighted by molar-refractivity contribution is 0.697. The molecule has 1 atom stereocenters. The Morgan fingerprint density at radius 2 is 2.16 bits per heavy atom. The van der Waals surface area contributed by atoms with E-state index < -0.39 is 0 Å². The fourth-order valence-electron chi connectivity index (χ4n) is 2.54. The van der Waals surface area contributed by atoms with Crippen molar-refractivity contribution in [3.63, 3.8) is 0 Å². The highest BCUT2D eigenvalue weighted by Crippen LogP contribution is 2.35. The van der Waals surface area contributed by atoms with Gasteiger partial charge in [0.2, 0.25) is 0 Å². The van der Waals surface area contributed by atoms with Crippen molar-refractivity contribution >= 4 is 17.3 Å². The van der Waals surface area contributed by atoms with Crippen LogP contribution in [-0.4, -0.2) is 18.6 Å². The largest absolute Gasteiger partial charge is 0.368 e. The van der Waals surface area contributed by atoms with Crippen LogP contribution in [-0.2, 0) is 6.42 Å². The van der Waals surface area contributed by atoms with Crippen LogP contribution in [0.25, 0.3) is 0 Å². The predicted octanol–water partition coefficient (Wildman–Crippen LogP) is 4.00. The minimum absolute atomic E-state index is 0.187. The highest BCUT2D eigenvalue weighted by Gasteiger charge is 2.30. The molecule has 1 aliphatic rings. The molecule has 0 bridgehead atoms. The van der Waals surface area contributed by atoms with Gasteiger partial charge in [-0.05, 0) is 50.3 Å². The first-order valence-corrected chi connectivity index (χ1v) is 7.80. The molecule has 2 nitrogen and oxygen atoms in total. The van der Waals surface area contributed by atoms with Crippen LogP contribution >= 0.6 is 11.6 Å². The van der Waals surface area contributed by atoms with Gasteiger partial charge in [0.05, 0.1) is 0 Å². The van der Waals surface area contributed by atoms with Crippen molar-refractivity contribution in [3.8, 4) is 0 Å². The van der Waals surface area contributed by atoms with Gasteiger partial charge in [-0.15, -0.1) is 0 Å². The summed E-state index contributed by atoms with van der Waals surface area (Å²) >= 11 is 6.20. The number of nitrogens with zero attached hydrogens (tertiary/aromatic N) is 1. The Morgan fingerprint density at radius 3 is 2.74 bits per heavy atom. The molecule has 2 N–H and O–H groups in total. The van der Waals surface area contributed by atoms with Crippen LogP contribution in [0, 0.1) is 0 Å². The number of nitrogens with two attached hydrogens (primary N) is 1. The molecule has 0 radical (unpaired) electrons. The summed E-state index contributed by atoms with van der Waals surface area (Å²) in [6.07, 6.45) is 6.01. The Labute approximate surface area is 121 Å². The molecular formula is C16H25ClN2. The van der Waals surface area contributed by atoms with Crippen LogP contribution in [0.5, 0.6) is 0 Å². The molecule has 1 saturated carbocycles. The number of benzene rings is 1. The molecular weight excluding hydrogens is 256 g/mol. The van der Waals surface area contributed by atoms with Gasteiger partial charge in [0.1, 0.15) is 0 Å². The van der Waals surface area contributed by atoms with Crippen LogP contribution < -0.4 is 10.6 Å². The summed E-state index contributed by atoms with van der Waals surface area (Å²) in [5.41, 5.74) is 8.61. The standard InChI is InChI=1S/C16H25ClN2/c1-3-4-9-19(15-7-8-15)16-11-14(17)6-5-13(16)10-12(2)18/h5-6,11-12,15H,3-4,7-10,18H2,1-2H3. The van der Waals surface area contributed by atoms with Crippen molar-refractivity contribution in [2.75, 3.05) is 11.4 Å². The highest BCUT2D eigenvalue weighted by atomic mass is 35.5. The number of anilines is 1. The average Bonchev–Trinajstić information content (AvgIpc) is 3.17. The number of halogens is 1. The Kier molecular flexibility index (Phi) is 5.12. The zero-order valence-electron chi connectivity index (χ0n) is 12.0. The summed E-state index contributed by atoms with van der Waals surface area (Å²) in [6.45, 7) is 5.44. The quantitative estimate of drug-likeness (QED) is 0.818. The second kappa shape index (κ2) is 6.62. The van der Waals surface area contributed by atoms with E-state index >= 15 is 0 Å². The van der Waals surface area contributed by atoms with E-state index in [0.29, 0.717) is 0 Å².